The number of nitrogens with zero attached hydrogens (tertiary/aromatic N) is 2. The second kappa shape index (κ2) is 12.0. The van der Waals surface area contributed by atoms with Crippen molar-refractivity contribution in [2.75, 3.05) is 6.54 Å². The van der Waals surface area contributed by atoms with Crippen molar-refractivity contribution in [1.29, 1.82) is 0 Å². The van der Waals surface area contributed by atoms with Crippen LogP contribution in [-0.2, 0) is 30.4 Å². The summed E-state index contributed by atoms with van der Waals surface area (Å²) in [6.45, 7) is 1.55. The molecule has 13 nitrogen and oxygen atoms in total. The molecule has 0 saturated carbocycles. The van der Waals surface area contributed by atoms with Crippen molar-refractivity contribution >= 4 is 29.6 Å². The van der Waals surface area contributed by atoms with Crippen molar-refractivity contribution in [3.63, 3.8) is 0 Å². The Kier molecular flexibility index (Phi) is 9.45. The second-order valence-corrected chi connectivity index (χ2v) is 8.15. The first-order valence-corrected chi connectivity index (χ1v) is 10.8. The van der Waals surface area contributed by atoms with Gasteiger partial charge in [0, 0.05) is 25.4 Å². The number of aliphatic hydroxyl groups excluding tert-OH is 1. The molecule has 2 rings (SSSR count). The number of pyridine rings is 1. The van der Waals surface area contributed by atoms with E-state index in [1.807, 2.05) is 0 Å². The normalized spacial score (nSPS) is 18.9. The van der Waals surface area contributed by atoms with Gasteiger partial charge in [0.2, 0.25) is 23.6 Å². The van der Waals surface area contributed by atoms with E-state index in [1.165, 1.54) is 24.2 Å². The van der Waals surface area contributed by atoms with E-state index in [0.717, 1.165) is 0 Å². The van der Waals surface area contributed by atoms with Gasteiger partial charge in [-0.15, -0.1) is 0 Å². The lowest BCUT2D eigenvalue weighted by Gasteiger charge is -2.30. The zero-order valence-corrected chi connectivity index (χ0v) is 18.7. The molecule has 1 aromatic heterocycles. The summed E-state index contributed by atoms with van der Waals surface area (Å²) in [5, 5.41) is 23.7. The van der Waals surface area contributed by atoms with E-state index < -0.39 is 66.3 Å². The lowest BCUT2D eigenvalue weighted by Crippen LogP contribution is -2.58. The van der Waals surface area contributed by atoms with Crippen molar-refractivity contribution < 1.29 is 34.2 Å². The summed E-state index contributed by atoms with van der Waals surface area (Å²) in [4.78, 5) is 66.3. The quantitative estimate of drug-likeness (QED) is 0.194. The third-order valence-corrected chi connectivity index (χ3v) is 5.48. The number of aromatic nitrogens is 1. The van der Waals surface area contributed by atoms with Gasteiger partial charge in [-0.05, 0) is 37.5 Å². The van der Waals surface area contributed by atoms with E-state index in [2.05, 4.69) is 15.6 Å². The van der Waals surface area contributed by atoms with Crippen molar-refractivity contribution in [2.24, 2.45) is 11.5 Å². The number of carbonyl (C=O) groups is 5. The molecule has 0 bridgehead atoms. The fourth-order valence-electron chi connectivity index (χ4n) is 3.61. The number of hydrogen-bond donors (Lipinski definition) is 6. The number of aliphatic hydroxyl groups is 1. The molecule has 0 spiro atoms. The summed E-state index contributed by atoms with van der Waals surface area (Å²) < 4.78 is 0. The number of hydrogen-bond acceptors (Lipinski definition) is 8. The number of carbonyl (C=O) groups excluding carboxylic acids is 4. The van der Waals surface area contributed by atoms with Crippen molar-refractivity contribution in [3.8, 4) is 0 Å². The Balaban J connectivity index is 2.22. The Morgan fingerprint density at radius 3 is 2.38 bits per heavy atom. The van der Waals surface area contributed by atoms with E-state index in [4.69, 9.17) is 11.5 Å². The Bertz CT molecular complexity index is 910. The topological polar surface area (TPSA) is 218 Å². The first kappa shape index (κ1) is 26.7. The van der Waals surface area contributed by atoms with Gasteiger partial charge in [-0.25, -0.2) is 4.79 Å². The van der Waals surface area contributed by atoms with Gasteiger partial charge in [0.15, 0.2) is 0 Å². The maximum atomic E-state index is 13.4. The highest BCUT2D eigenvalue weighted by Gasteiger charge is 2.39. The largest absolute Gasteiger partial charge is 0.480 e. The first-order chi connectivity index (χ1) is 16.0. The van der Waals surface area contributed by atoms with Crippen LogP contribution >= 0.6 is 0 Å². The molecule has 1 fully saturated rings. The van der Waals surface area contributed by atoms with Crippen LogP contribution in [0.4, 0.5) is 0 Å². The standard InChI is InChI=1S/C21H30N6O7/c1-11(28)17(23)19(31)25-13(9-12-4-6-24-7-5-12)20(32)27-8-2-3-15(27)18(30)26-14(21(33)34)10-16(22)29/h4-7,11,13-15,17,28H,2-3,8-10,23H2,1H3,(H2,22,29)(H,25,31)(H,26,30)(H,33,34)/t11-,13+,14+,15+,17+/m1/s1. The monoisotopic (exact) mass is 478 g/mol. The van der Waals surface area contributed by atoms with Gasteiger partial charge in [-0.1, -0.05) is 0 Å². The van der Waals surface area contributed by atoms with Crippen LogP contribution in [0.15, 0.2) is 24.5 Å². The van der Waals surface area contributed by atoms with E-state index in [0.29, 0.717) is 12.0 Å². The van der Waals surface area contributed by atoms with Gasteiger partial charge in [0.05, 0.1) is 12.5 Å². The van der Waals surface area contributed by atoms with E-state index >= 15 is 0 Å². The molecule has 4 amide bonds. The zero-order chi connectivity index (χ0) is 25.4. The average molecular weight is 479 g/mol. The molecule has 0 unspecified atom stereocenters. The number of carboxylic acids is 1. The number of aliphatic carboxylic acids is 1. The van der Waals surface area contributed by atoms with Gasteiger partial charge in [0.25, 0.3) is 0 Å². The minimum atomic E-state index is -1.53. The Morgan fingerprint density at radius 2 is 1.82 bits per heavy atom. The highest BCUT2D eigenvalue weighted by Crippen LogP contribution is 2.20. The van der Waals surface area contributed by atoms with Crippen LogP contribution in [0, 0.1) is 0 Å². The number of rotatable bonds is 11. The molecule has 1 aliphatic rings. The Labute approximate surface area is 195 Å². The molecule has 0 radical (unpaired) electrons. The third kappa shape index (κ3) is 7.22. The van der Waals surface area contributed by atoms with Gasteiger partial charge < -0.3 is 37.2 Å². The van der Waals surface area contributed by atoms with Crippen LogP contribution in [0.2, 0.25) is 0 Å². The maximum absolute atomic E-state index is 13.4. The number of likely N-dealkylation sites (tertiary alicyclic amines) is 1. The molecule has 34 heavy (non-hydrogen) atoms. The SMILES string of the molecule is C[C@@H](O)[C@H](N)C(=O)N[C@@H](Cc1ccncc1)C(=O)N1CCC[C@H]1C(=O)N[C@@H](CC(N)=O)C(=O)O. The molecule has 5 atom stereocenters. The lowest BCUT2D eigenvalue weighted by atomic mass is 10.0. The molecule has 13 heteroatoms. The summed E-state index contributed by atoms with van der Waals surface area (Å²) in [5.74, 6) is -4.38. The van der Waals surface area contributed by atoms with Crippen LogP contribution in [0.5, 0.6) is 0 Å². The number of amides is 4. The molecule has 1 aromatic rings. The first-order valence-electron chi connectivity index (χ1n) is 10.8. The van der Waals surface area contributed by atoms with Gasteiger partial charge in [-0.2, -0.15) is 0 Å². The molecule has 186 valence electrons. The molecular formula is C21H30N6O7. The molecule has 0 aromatic carbocycles. The van der Waals surface area contributed by atoms with Crippen LogP contribution in [-0.4, -0.2) is 86.5 Å². The maximum Gasteiger partial charge on any atom is 0.326 e. The fraction of sp³-hybridized carbons (Fsp3) is 0.524. The molecule has 8 N–H and O–H groups in total. The minimum absolute atomic E-state index is 0.0733. The highest BCUT2D eigenvalue weighted by molar-refractivity contribution is 5.95. The summed E-state index contributed by atoms with van der Waals surface area (Å²) in [5.41, 5.74) is 11.4. The number of nitrogens with two attached hydrogens (primary N) is 2. The second-order valence-electron chi connectivity index (χ2n) is 8.15. The van der Waals surface area contributed by atoms with Crippen LogP contribution in [0.25, 0.3) is 0 Å². The lowest BCUT2D eigenvalue weighted by molar-refractivity contribution is -0.146. The van der Waals surface area contributed by atoms with E-state index in [9.17, 15) is 34.2 Å². The summed E-state index contributed by atoms with van der Waals surface area (Å²) >= 11 is 0. The number of carboxylic acid groups (broad SMARTS) is 1. The number of primary amides is 1. The molecule has 0 aliphatic carbocycles. The molecular weight excluding hydrogens is 448 g/mol. The molecule has 2 heterocycles. The van der Waals surface area contributed by atoms with Crippen LogP contribution in [0.1, 0.15) is 31.7 Å². The Hall–Kier alpha value is -3.58. The van der Waals surface area contributed by atoms with Crippen molar-refractivity contribution in [2.45, 2.75) is 62.9 Å². The van der Waals surface area contributed by atoms with Crippen LogP contribution < -0.4 is 22.1 Å². The predicted octanol–water partition coefficient (Wildman–Crippen LogP) is -2.75. The Morgan fingerprint density at radius 1 is 1.18 bits per heavy atom. The predicted molar refractivity (Wildman–Crippen MR) is 118 cm³/mol. The zero-order valence-electron chi connectivity index (χ0n) is 18.7. The van der Waals surface area contributed by atoms with Gasteiger partial charge >= 0.3 is 5.97 Å². The summed E-state index contributed by atoms with van der Waals surface area (Å²) in [7, 11) is 0. The number of nitrogens with one attached hydrogen (secondary N) is 2. The summed E-state index contributed by atoms with van der Waals surface area (Å²) in [6, 6.07) is -1.57. The summed E-state index contributed by atoms with van der Waals surface area (Å²) in [6.07, 6.45) is 2.11. The van der Waals surface area contributed by atoms with E-state index in [1.54, 1.807) is 12.1 Å². The van der Waals surface area contributed by atoms with E-state index in [-0.39, 0.29) is 19.4 Å². The average Bonchev–Trinajstić information content (AvgIpc) is 3.27. The minimum Gasteiger partial charge on any atom is -0.480 e. The van der Waals surface area contributed by atoms with Gasteiger partial charge in [-0.3, -0.25) is 24.2 Å². The molecule has 1 aliphatic heterocycles. The smallest absolute Gasteiger partial charge is 0.326 e. The third-order valence-electron chi connectivity index (χ3n) is 5.48. The highest BCUT2D eigenvalue weighted by atomic mass is 16.4. The fourth-order valence-corrected chi connectivity index (χ4v) is 3.61. The van der Waals surface area contributed by atoms with Crippen LogP contribution in [0.3, 0.4) is 0 Å². The van der Waals surface area contributed by atoms with Crippen molar-refractivity contribution in [1.82, 2.24) is 20.5 Å². The molecule has 1 saturated heterocycles. The van der Waals surface area contributed by atoms with Gasteiger partial charge in [0.1, 0.15) is 24.2 Å². The van der Waals surface area contributed by atoms with Crippen molar-refractivity contribution in [3.05, 3.63) is 30.1 Å².